The number of ether oxygens (including phenoxy) is 1. The van der Waals surface area contributed by atoms with Gasteiger partial charge in [0.25, 0.3) is 0 Å². The van der Waals surface area contributed by atoms with Crippen molar-refractivity contribution in [1.82, 2.24) is 14.8 Å². The first kappa shape index (κ1) is 21.8. The summed E-state index contributed by atoms with van der Waals surface area (Å²) in [5.41, 5.74) is 5.89. The van der Waals surface area contributed by atoms with E-state index in [0.29, 0.717) is 24.0 Å². The first-order valence-corrected chi connectivity index (χ1v) is 10.7. The maximum absolute atomic E-state index is 15.9. The van der Waals surface area contributed by atoms with E-state index in [1.54, 1.807) is 37.3 Å². The Morgan fingerprint density at radius 2 is 1.94 bits per heavy atom. The molecular weight excluding hydrogens is 440 g/mol. The number of hydrogen-bond acceptors (Lipinski definition) is 6. The molecule has 7 nitrogen and oxygen atoms in total. The van der Waals surface area contributed by atoms with Crippen LogP contribution in [0.4, 0.5) is 14.6 Å². The number of halogens is 2. The van der Waals surface area contributed by atoms with Crippen LogP contribution in [-0.2, 0) is 0 Å². The Hall–Kier alpha value is -4.03. The zero-order valence-corrected chi connectivity index (χ0v) is 18.5. The average molecular weight is 461 g/mol. The fourth-order valence-corrected chi connectivity index (χ4v) is 4.54. The lowest BCUT2D eigenvalue weighted by atomic mass is 9.77. The molecule has 0 unspecified atom stereocenters. The SMILES string of the molecule is COc1cc(-c2ccccc2F)nc2c(F)c(-c3nn([C@H]4C[C@@](C)(O)C4)c(N)c3C#N)ccc12. The van der Waals surface area contributed by atoms with E-state index in [2.05, 4.69) is 10.1 Å². The minimum absolute atomic E-state index is 0.0424. The monoisotopic (exact) mass is 461 g/mol. The van der Waals surface area contributed by atoms with Gasteiger partial charge < -0.3 is 15.6 Å². The zero-order valence-electron chi connectivity index (χ0n) is 18.5. The van der Waals surface area contributed by atoms with E-state index >= 15 is 4.39 Å². The molecule has 5 rings (SSSR count). The standard InChI is InChI=1S/C25H21F2N5O2/c1-25(33)10-13(11-25)32-24(29)17(12-28)22(31-32)16-8-7-15-20(34-2)9-19(30-23(15)21(16)27)14-5-3-4-6-18(14)26/h3-9,13,33H,10-11,29H2,1-2H3/t13-,25+. The predicted molar refractivity (Wildman–Crippen MR) is 123 cm³/mol. The smallest absolute Gasteiger partial charge is 0.159 e. The highest BCUT2D eigenvalue weighted by atomic mass is 19.1. The topological polar surface area (TPSA) is 110 Å². The molecule has 172 valence electrons. The number of nitrogens with zero attached hydrogens (tertiary/aromatic N) is 4. The molecule has 34 heavy (non-hydrogen) atoms. The number of anilines is 1. The Kier molecular flexibility index (Phi) is 4.99. The highest BCUT2D eigenvalue weighted by molar-refractivity contribution is 5.92. The zero-order chi connectivity index (χ0) is 24.2. The lowest BCUT2D eigenvalue weighted by molar-refractivity contribution is -0.0535. The van der Waals surface area contributed by atoms with Gasteiger partial charge >= 0.3 is 0 Å². The number of pyridine rings is 1. The summed E-state index contributed by atoms with van der Waals surface area (Å²) in [7, 11) is 1.44. The average Bonchev–Trinajstić information content (AvgIpc) is 3.13. The number of benzene rings is 2. The molecule has 0 bridgehead atoms. The van der Waals surface area contributed by atoms with E-state index in [4.69, 9.17) is 10.5 Å². The van der Waals surface area contributed by atoms with Crippen molar-refractivity contribution in [2.75, 3.05) is 12.8 Å². The van der Waals surface area contributed by atoms with Gasteiger partial charge in [0, 0.05) is 22.6 Å². The maximum Gasteiger partial charge on any atom is 0.159 e. The number of nitrogens with two attached hydrogens (primary N) is 1. The van der Waals surface area contributed by atoms with Crippen molar-refractivity contribution in [3.8, 4) is 34.3 Å². The molecule has 0 saturated heterocycles. The molecule has 1 fully saturated rings. The van der Waals surface area contributed by atoms with Crippen LogP contribution in [0.2, 0.25) is 0 Å². The number of aromatic nitrogens is 3. The second-order valence-electron chi connectivity index (χ2n) is 8.74. The van der Waals surface area contributed by atoms with E-state index in [1.807, 2.05) is 6.07 Å². The van der Waals surface area contributed by atoms with Crippen LogP contribution in [0.5, 0.6) is 5.75 Å². The molecule has 0 aliphatic heterocycles. The molecule has 3 N–H and O–H groups in total. The van der Waals surface area contributed by atoms with Crippen molar-refractivity contribution in [2.45, 2.75) is 31.4 Å². The summed E-state index contributed by atoms with van der Waals surface area (Å²) in [6, 6.07) is 12.6. The van der Waals surface area contributed by atoms with Crippen LogP contribution in [0, 0.1) is 23.0 Å². The summed E-state index contributed by atoms with van der Waals surface area (Å²) in [5, 5.41) is 24.6. The van der Waals surface area contributed by atoms with Crippen LogP contribution >= 0.6 is 0 Å². The quantitative estimate of drug-likeness (QED) is 0.460. The molecule has 1 saturated carbocycles. The number of nitrogen functional groups attached to an aromatic ring is 1. The van der Waals surface area contributed by atoms with Crippen LogP contribution in [0.15, 0.2) is 42.5 Å². The molecule has 4 aromatic rings. The highest BCUT2D eigenvalue weighted by Crippen LogP contribution is 2.44. The Bertz CT molecular complexity index is 1480. The van der Waals surface area contributed by atoms with Gasteiger partial charge in [-0.2, -0.15) is 10.4 Å². The largest absolute Gasteiger partial charge is 0.496 e. The summed E-state index contributed by atoms with van der Waals surface area (Å²) in [6.07, 6.45) is 0.849. The van der Waals surface area contributed by atoms with Crippen LogP contribution in [0.3, 0.4) is 0 Å². The fourth-order valence-electron chi connectivity index (χ4n) is 4.54. The van der Waals surface area contributed by atoms with Gasteiger partial charge in [-0.1, -0.05) is 12.1 Å². The normalized spacial score (nSPS) is 19.6. The number of methoxy groups -OCH3 is 1. The minimum atomic E-state index is -0.826. The van der Waals surface area contributed by atoms with Crippen molar-refractivity contribution in [1.29, 1.82) is 5.26 Å². The van der Waals surface area contributed by atoms with E-state index in [0.717, 1.165) is 0 Å². The number of hydrogen-bond donors (Lipinski definition) is 2. The van der Waals surface area contributed by atoms with Crippen LogP contribution in [0.25, 0.3) is 33.4 Å². The van der Waals surface area contributed by atoms with E-state index < -0.39 is 17.2 Å². The first-order valence-electron chi connectivity index (χ1n) is 10.7. The number of fused-ring (bicyclic) bond motifs is 1. The molecule has 2 aromatic carbocycles. The summed E-state index contributed by atoms with van der Waals surface area (Å²) in [6.45, 7) is 1.71. The van der Waals surface area contributed by atoms with Gasteiger partial charge in [-0.25, -0.2) is 18.4 Å². The summed E-state index contributed by atoms with van der Waals surface area (Å²) >= 11 is 0. The van der Waals surface area contributed by atoms with Crippen molar-refractivity contribution in [3.05, 3.63) is 59.7 Å². The van der Waals surface area contributed by atoms with Crippen molar-refractivity contribution < 1.29 is 18.6 Å². The molecular formula is C25H21F2N5O2. The molecule has 0 atom stereocenters. The third kappa shape index (κ3) is 3.35. The molecule has 1 aliphatic carbocycles. The summed E-state index contributed by atoms with van der Waals surface area (Å²) in [4.78, 5) is 4.39. The Balaban J connectivity index is 1.70. The third-order valence-electron chi connectivity index (χ3n) is 6.26. The number of rotatable bonds is 4. The Labute approximate surface area is 194 Å². The van der Waals surface area contributed by atoms with E-state index in [-0.39, 0.29) is 45.5 Å². The second kappa shape index (κ2) is 7.78. The number of nitriles is 1. The highest BCUT2D eigenvalue weighted by Gasteiger charge is 2.41. The molecule has 2 heterocycles. The Morgan fingerprint density at radius 3 is 2.59 bits per heavy atom. The van der Waals surface area contributed by atoms with Crippen LogP contribution in [-0.4, -0.2) is 32.6 Å². The maximum atomic E-state index is 15.9. The molecule has 2 aromatic heterocycles. The molecule has 0 radical (unpaired) electrons. The molecule has 0 spiro atoms. The molecule has 1 aliphatic rings. The van der Waals surface area contributed by atoms with Crippen molar-refractivity contribution in [2.24, 2.45) is 0 Å². The van der Waals surface area contributed by atoms with Crippen molar-refractivity contribution >= 4 is 16.7 Å². The molecule has 9 heteroatoms. The van der Waals surface area contributed by atoms with E-state index in [1.165, 1.54) is 23.9 Å². The van der Waals surface area contributed by atoms with Gasteiger partial charge in [0.15, 0.2) is 5.82 Å². The van der Waals surface area contributed by atoms with Gasteiger partial charge in [-0.15, -0.1) is 0 Å². The fraction of sp³-hybridized carbons (Fsp3) is 0.240. The van der Waals surface area contributed by atoms with Gasteiger partial charge in [-0.05, 0) is 44.0 Å². The predicted octanol–water partition coefficient (Wildman–Crippen LogP) is 4.59. The van der Waals surface area contributed by atoms with Crippen LogP contribution < -0.4 is 10.5 Å². The lowest BCUT2D eigenvalue weighted by Crippen LogP contribution is -2.42. The first-order chi connectivity index (χ1) is 16.2. The van der Waals surface area contributed by atoms with Gasteiger partial charge in [-0.3, -0.25) is 0 Å². The van der Waals surface area contributed by atoms with Crippen molar-refractivity contribution in [3.63, 3.8) is 0 Å². The summed E-state index contributed by atoms with van der Waals surface area (Å²) in [5.74, 6) is -0.780. The number of aliphatic hydroxyl groups is 1. The second-order valence-corrected chi connectivity index (χ2v) is 8.74. The summed E-state index contributed by atoms with van der Waals surface area (Å²) < 4.78 is 37.2. The Morgan fingerprint density at radius 1 is 1.21 bits per heavy atom. The van der Waals surface area contributed by atoms with Crippen LogP contribution in [0.1, 0.15) is 31.4 Å². The third-order valence-corrected chi connectivity index (χ3v) is 6.26. The lowest BCUT2D eigenvalue weighted by Gasteiger charge is -2.41. The van der Waals surface area contributed by atoms with Gasteiger partial charge in [0.2, 0.25) is 0 Å². The van der Waals surface area contributed by atoms with Gasteiger partial charge in [0.05, 0.1) is 24.4 Å². The molecule has 0 amide bonds. The van der Waals surface area contributed by atoms with E-state index in [9.17, 15) is 14.8 Å². The van der Waals surface area contributed by atoms with Gasteiger partial charge in [0.1, 0.15) is 40.2 Å². The minimum Gasteiger partial charge on any atom is -0.496 e.